The Morgan fingerprint density at radius 2 is 1.70 bits per heavy atom. The Balaban J connectivity index is 1.81. The third-order valence-corrected chi connectivity index (χ3v) is 4.42. The van der Waals surface area contributed by atoms with Gasteiger partial charge < -0.3 is 4.74 Å². The average Bonchev–Trinajstić information content (AvgIpc) is 2.75. The summed E-state index contributed by atoms with van der Waals surface area (Å²) < 4.78 is 6.17. The van der Waals surface area contributed by atoms with Gasteiger partial charge in [-0.1, -0.05) is 34.1 Å². The van der Waals surface area contributed by atoms with Crippen molar-refractivity contribution in [2.24, 2.45) is 5.10 Å². The molecule has 0 saturated heterocycles. The number of nitro benzene ring substituents is 1. The Labute approximate surface area is 179 Å². The molecular formula is C21H14BrN3O5. The van der Waals surface area contributed by atoms with Gasteiger partial charge in [0.1, 0.15) is 5.75 Å². The Bertz CT molecular complexity index is 1120. The molecule has 30 heavy (non-hydrogen) atoms. The zero-order chi connectivity index (χ0) is 21.5. The summed E-state index contributed by atoms with van der Waals surface area (Å²) in [5, 5.41) is 14.9. The first kappa shape index (κ1) is 20.9. The van der Waals surface area contributed by atoms with Crippen molar-refractivity contribution in [1.82, 2.24) is 5.43 Å². The molecule has 150 valence electrons. The molecule has 0 saturated carbocycles. The molecule has 3 aromatic carbocycles. The van der Waals surface area contributed by atoms with Gasteiger partial charge in [0.05, 0.1) is 16.7 Å². The van der Waals surface area contributed by atoms with Crippen molar-refractivity contribution < 1.29 is 19.2 Å². The van der Waals surface area contributed by atoms with Gasteiger partial charge in [-0.05, 0) is 42.5 Å². The molecule has 0 aliphatic carbocycles. The highest BCUT2D eigenvalue weighted by atomic mass is 79.9. The molecule has 0 atom stereocenters. The average molecular weight is 468 g/mol. The lowest BCUT2D eigenvalue weighted by Gasteiger charge is -2.08. The molecule has 8 nitrogen and oxygen atoms in total. The summed E-state index contributed by atoms with van der Waals surface area (Å²) in [6, 6.07) is 18.7. The number of hydrogen-bond acceptors (Lipinski definition) is 6. The fraction of sp³-hybridized carbons (Fsp3) is 0. The summed E-state index contributed by atoms with van der Waals surface area (Å²) in [7, 11) is 0. The molecular weight excluding hydrogens is 454 g/mol. The molecule has 1 amide bonds. The second-order valence-corrected chi connectivity index (χ2v) is 6.86. The molecule has 3 rings (SSSR count). The Hall–Kier alpha value is -3.85. The fourth-order valence-electron chi connectivity index (χ4n) is 2.40. The van der Waals surface area contributed by atoms with E-state index in [1.54, 1.807) is 54.6 Å². The van der Waals surface area contributed by atoms with E-state index in [9.17, 15) is 19.7 Å². The number of non-ortho nitro benzene ring substituents is 1. The van der Waals surface area contributed by atoms with Crippen molar-refractivity contribution in [3.05, 3.63) is 104 Å². The van der Waals surface area contributed by atoms with E-state index in [-0.39, 0.29) is 17.0 Å². The lowest BCUT2D eigenvalue weighted by molar-refractivity contribution is -0.384. The van der Waals surface area contributed by atoms with Crippen LogP contribution in [-0.2, 0) is 0 Å². The Kier molecular flexibility index (Phi) is 6.66. The van der Waals surface area contributed by atoms with Gasteiger partial charge in [0.15, 0.2) is 0 Å². The van der Waals surface area contributed by atoms with Crippen LogP contribution in [0, 0.1) is 10.1 Å². The number of rotatable bonds is 6. The van der Waals surface area contributed by atoms with Gasteiger partial charge >= 0.3 is 5.97 Å². The van der Waals surface area contributed by atoms with E-state index in [0.717, 1.165) is 4.47 Å². The number of esters is 1. The number of hydrogen-bond donors (Lipinski definition) is 1. The largest absolute Gasteiger partial charge is 0.422 e. The van der Waals surface area contributed by atoms with E-state index in [4.69, 9.17) is 4.74 Å². The van der Waals surface area contributed by atoms with Crippen LogP contribution in [0.3, 0.4) is 0 Å². The smallest absolute Gasteiger partial charge is 0.343 e. The van der Waals surface area contributed by atoms with E-state index in [2.05, 4.69) is 26.5 Å². The third-order valence-electron chi connectivity index (χ3n) is 3.89. The summed E-state index contributed by atoms with van der Waals surface area (Å²) >= 11 is 3.28. The Morgan fingerprint density at radius 3 is 2.37 bits per heavy atom. The normalized spacial score (nSPS) is 10.6. The lowest BCUT2D eigenvalue weighted by Crippen LogP contribution is -2.17. The van der Waals surface area contributed by atoms with E-state index in [1.165, 1.54) is 24.4 Å². The molecule has 0 unspecified atom stereocenters. The number of carbonyl (C=O) groups excluding carboxylic acids is 2. The van der Waals surface area contributed by atoms with Gasteiger partial charge in [-0.15, -0.1) is 0 Å². The first-order valence-corrected chi connectivity index (χ1v) is 9.38. The number of benzene rings is 3. The highest BCUT2D eigenvalue weighted by Gasteiger charge is 2.15. The molecule has 3 aromatic rings. The van der Waals surface area contributed by atoms with Crippen molar-refractivity contribution in [2.75, 3.05) is 0 Å². The number of amides is 1. The van der Waals surface area contributed by atoms with Crippen molar-refractivity contribution >= 4 is 39.7 Å². The topological polar surface area (TPSA) is 111 Å². The highest BCUT2D eigenvalue weighted by molar-refractivity contribution is 9.10. The van der Waals surface area contributed by atoms with Crippen LogP contribution >= 0.6 is 15.9 Å². The number of nitrogens with one attached hydrogen (secondary N) is 1. The van der Waals surface area contributed by atoms with Gasteiger partial charge in [0.25, 0.3) is 11.6 Å². The zero-order valence-electron chi connectivity index (χ0n) is 15.3. The van der Waals surface area contributed by atoms with E-state index >= 15 is 0 Å². The maximum Gasteiger partial charge on any atom is 0.343 e. The SMILES string of the molecule is O=C(N/N=C/c1cc([N+](=O)[O-])ccc1OC(=O)c1ccc(Br)cc1)c1ccccc1. The van der Waals surface area contributed by atoms with Gasteiger partial charge in [-0.25, -0.2) is 10.2 Å². The van der Waals surface area contributed by atoms with Crippen molar-refractivity contribution in [1.29, 1.82) is 0 Å². The van der Waals surface area contributed by atoms with Crippen molar-refractivity contribution in [3.8, 4) is 5.75 Å². The molecule has 0 bridgehead atoms. The summed E-state index contributed by atoms with van der Waals surface area (Å²) in [6.45, 7) is 0. The van der Waals surface area contributed by atoms with Crippen molar-refractivity contribution in [3.63, 3.8) is 0 Å². The van der Waals surface area contributed by atoms with Crippen molar-refractivity contribution in [2.45, 2.75) is 0 Å². The molecule has 0 heterocycles. The quantitative estimate of drug-likeness (QED) is 0.190. The van der Waals surface area contributed by atoms with Crippen LogP contribution < -0.4 is 10.2 Å². The number of hydrazone groups is 1. The molecule has 0 fully saturated rings. The number of carbonyl (C=O) groups is 2. The first-order chi connectivity index (χ1) is 14.4. The predicted octanol–water partition coefficient (Wildman–Crippen LogP) is 4.34. The van der Waals surface area contributed by atoms with Crippen LogP contribution in [0.25, 0.3) is 0 Å². The second-order valence-electron chi connectivity index (χ2n) is 5.94. The predicted molar refractivity (Wildman–Crippen MR) is 114 cm³/mol. The first-order valence-electron chi connectivity index (χ1n) is 8.58. The summed E-state index contributed by atoms with van der Waals surface area (Å²) in [5.74, 6) is -1.03. The molecule has 0 aliphatic rings. The van der Waals surface area contributed by atoms with Gasteiger partial charge in [0.2, 0.25) is 0 Å². The molecule has 0 aliphatic heterocycles. The molecule has 9 heteroatoms. The minimum atomic E-state index is -0.640. The highest BCUT2D eigenvalue weighted by Crippen LogP contribution is 2.24. The van der Waals surface area contributed by atoms with Gasteiger partial charge in [0, 0.05) is 27.7 Å². The van der Waals surface area contributed by atoms with Crippen LogP contribution in [0.2, 0.25) is 0 Å². The van der Waals surface area contributed by atoms with Crippen LogP contribution in [0.5, 0.6) is 5.75 Å². The van der Waals surface area contributed by atoms with Crippen LogP contribution in [0.4, 0.5) is 5.69 Å². The van der Waals surface area contributed by atoms with Gasteiger partial charge in [-0.3, -0.25) is 14.9 Å². The fourth-order valence-corrected chi connectivity index (χ4v) is 2.67. The minimum absolute atomic E-state index is 0.0613. The number of nitrogens with zero attached hydrogens (tertiary/aromatic N) is 2. The Morgan fingerprint density at radius 1 is 1.00 bits per heavy atom. The van der Waals surface area contributed by atoms with Crippen LogP contribution in [0.15, 0.2) is 82.4 Å². The second kappa shape index (κ2) is 9.57. The maximum absolute atomic E-state index is 12.4. The van der Waals surface area contributed by atoms with Crippen LogP contribution in [0.1, 0.15) is 26.3 Å². The monoisotopic (exact) mass is 467 g/mol. The molecule has 1 N–H and O–H groups in total. The van der Waals surface area contributed by atoms with Gasteiger partial charge in [-0.2, -0.15) is 5.10 Å². The third kappa shape index (κ3) is 5.36. The van der Waals surface area contributed by atoms with E-state index in [1.807, 2.05) is 0 Å². The van der Waals surface area contributed by atoms with Crippen LogP contribution in [-0.4, -0.2) is 23.0 Å². The number of nitro groups is 1. The molecule has 0 aromatic heterocycles. The summed E-state index contributed by atoms with van der Waals surface area (Å²) in [6.07, 6.45) is 1.18. The summed E-state index contributed by atoms with van der Waals surface area (Å²) in [5.41, 5.74) is 2.97. The van der Waals surface area contributed by atoms with E-state index < -0.39 is 16.8 Å². The van der Waals surface area contributed by atoms with E-state index in [0.29, 0.717) is 11.1 Å². The number of ether oxygens (including phenoxy) is 1. The summed E-state index contributed by atoms with van der Waals surface area (Å²) in [4.78, 5) is 34.9. The standard InChI is InChI=1S/C21H14BrN3O5/c22-17-8-6-15(7-9-17)21(27)30-19-11-10-18(25(28)29)12-16(19)13-23-24-20(26)14-4-2-1-3-5-14/h1-13H,(H,24,26)/b23-13+. The zero-order valence-corrected chi connectivity index (χ0v) is 16.9. The lowest BCUT2D eigenvalue weighted by atomic mass is 10.2. The molecule has 0 radical (unpaired) electrons. The maximum atomic E-state index is 12.4. The minimum Gasteiger partial charge on any atom is -0.422 e. The number of halogens is 1. The molecule has 0 spiro atoms.